The largest absolute Gasteiger partial charge is 0.478 e. The Hall–Kier alpha value is -2.11. The first-order valence-electron chi connectivity index (χ1n) is 6.47. The van der Waals surface area contributed by atoms with E-state index in [1.165, 1.54) is 0 Å². The van der Waals surface area contributed by atoms with Crippen LogP contribution in [0.15, 0.2) is 18.2 Å². The van der Waals surface area contributed by atoms with E-state index in [4.69, 9.17) is 5.11 Å². The van der Waals surface area contributed by atoms with Crippen LogP contribution in [0.4, 0.5) is 14.9 Å². The lowest BCUT2D eigenvalue weighted by molar-refractivity contribution is 0.0698. The third-order valence-corrected chi connectivity index (χ3v) is 2.80. The van der Waals surface area contributed by atoms with Gasteiger partial charge >= 0.3 is 12.0 Å². The summed E-state index contributed by atoms with van der Waals surface area (Å²) in [7, 11) is 0. The minimum absolute atomic E-state index is 0.0308. The fourth-order valence-electron chi connectivity index (χ4n) is 1.83. The maximum absolute atomic E-state index is 13.2. The van der Waals surface area contributed by atoms with Crippen molar-refractivity contribution < 1.29 is 19.1 Å². The number of aromatic carboxylic acids is 1. The quantitative estimate of drug-likeness (QED) is 0.871. The number of carboxylic acid groups (broad SMARTS) is 1. The molecule has 0 radical (unpaired) electrons. The first kappa shape index (κ1) is 15.9. The molecule has 0 saturated carbocycles. The van der Waals surface area contributed by atoms with Gasteiger partial charge in [-0.3, -0.25) is 0 Å². The van der Waals surface area contributed by atoms with E-state index in [2.05, 4.69) is 5.32 Å². The predicted octanol–water partition coefficient (Wildman–Crippen LogP) is 3.18. The number of carboxylic acids is 1. The zero-order chi connectivity index (χ0) is 15.3. The van der Waals surface area contributed by atoms with Gasteiger partial charge in [0.25, 0.3) is 0 Å². The summed E-state index contributed by atoms with van der Waals surface area (Å²) in [5.41, 5.74) is -0.177. The van der Waals surface area contributed by atoms with Gasteiger partial charge in [0, 0.05) is 12.6 Å². The van der Waals surface area contributed by atoms with E-state index in [0.717, 1.165) is 24.6 Å². The lowest BCUT2D eigenvalue weighted by Crippen LogP contribution is -2.40. The van der Waals surface area contributed by atoms with E-state index in [0.29, 0.717) is 6.54 Å². The van der Waals surface area contributed by atoms with Gasteiger partial charge in [0.2, 0.25) is 0 Å². The average molecular weight is 282 g/mol. The number of hydrogen-bond donors (Lipinski definition) is 2. The minimum Gasteiger partial charge on any atom is -0.478 e. The highest BCUT2D eigenvalue weighted by Crippen LogP contribution is 2.18. The first-order chi connectivity index (χ1) is 9.36. The van der Waals surface area contributed by atoms with Gasteiger partial charge in [-0.05, 0) is 38.5 Å². The number of nitrogens with zero attached hydrogens (tertiary/aromatic N) is 1. The molecule has 0 saturated heterocycles. The number of benzene rings is 1. The molecule has 0 spiro atoms. The third kappa shape index (κ3) is 3.94. The van der Waals surface area contributed by atoms with Gasteiger partial charge in [-0.25, -0.2) is 14.0 Å². The van der Waals surface area contributed by atoms with Crippen LogP contribution in [-0.4, -0.2) is 34.6 Å². The molecule has 0 aromatic heterocycles. The Labute approximate surface area is 117 Å². The van der Waals surface area contributed by atoms with Crippen LogP contribution in [0, 0.1) is 5.82 Å². The van der Waals surface area contributed by atoms with Crippen molar-refractivity contribution in [1.82, 2.24) is 4.90 Å². The van der Waals surface area contributed by atoms with Crippen molar-refractivity contribution in [2.45, 2.75) is 33.2 Å². The lowest BCUT2D eigenvalue weighted by Gasteiger charge is -2.26. The van der Waals surface area contributed by atoms with Crippen molar-refractivity contribution in [3.63, 3.8) is 0 Å². The van der Waals surface area contributed by atoms with Crippen LogP contribution >= 0.6 is 0 Å². The van der Waals surface area contributed by atoms with Crippen LogP contribution in [0.3, 0.4) is 0 Å². The van der Waals surface area contributed by atoms with Gasteiger partial charge in [-0.1, -0.05) is 6.92 Å². The summed E-state index contributed by atoms with van der Waals surface area (Å²) >= 11 is 0. The van der Waals surface area contributed by atoms with Gasteiger partial charge in [0.15, 0.2) is 0 Å². The smallest absolute Gasteiger partial charge is 0.337 e. The predicted molar refractivity (Wildman–Crippen MR) is 74.5 cm³/mol. The molecular weight excluding hydrogens is 263 g/mol. The zero-order valence-corrected chi connectivity index (χ0v) is 11.8. The van der Waals surface area contributed by atoms with Crippen molar-refractivity contribution >= 4 is 17.7 Å². The van der Waals surface area contributed by atoms with Gasteiger partial charge in [-0.2, -0.15) is 0 Å². The molecule has 0 heterocycles. The molecule has 20 heavy (non-hydrogen) atoms. The molecule has 2 amide bonds. The summed E-state index contributed by atoms with van der Waals surface area (Å²) in [4.78, 5) is 24.8. The standard InChI is InChI=1S/C14H19FN2O3/c1-4-7-17(9(2)3)14(20)16-12-8-10(15)5-6-11(12)13(18)19/h5-6,8-9H,4,7H2,1-3H3,(H,16,20)(H,18,19). The second kappa shape index (κ2) is 6.88. The maximum atomic E-state index is 13.2. The molecule has 0 fully saturated rings. The summed E-state index contributed by atoms with van der Waals surface area (Å²) in [6, 6.07) is 2.72. The van der Waals surface area contributed by atoms with E-state index in [1.54, 1.807) is 4.90 Å². The molecule has 0 aliphatic rings. The van der Waals surface area contributed by atoms with Gasteiger partial charge in [-0.15, -0.1) is 0 Å². The number of nitrogens with one attached hydrogen (secondary N) is 1. The van der Waals surface area contributed by atoms with Crippen molar-refractivity contribution in [3.05, 3.63) is 29.6 Å². The fourth-order valence-corrected chi connectivity index (χ4v) is 1.83. The van der Waals surface area contributed by atoms with E-state index in [9.17, 15) is 14.0 Å². The molecule has 0 atom stereocenters. The van der Waals surface area contributed by atoms with Crippen LogP contribution in [0.2, 0.25) is 0 Å². The van der Waals surface area contributed by atoms with Crippen molar-refractivity contribution in [1.29, 1.82) is 0 Å². The Morgan fingerprint density at radius 2 is 2.05 bits per heavy atom. The normalized spacial score (nSPS) is 10.4. The molecule has 110 valence electrons. The highest BCUT2D eigenvalue weighted by molar-refractivity contribution is 6.00. The second-order valence-electron chi connectivity index (χ2n) is 4.71. The van der Waals surface area contributed by atoms with Gasteiger partial charge in [0.1, 0.15) is 5.82 Å². The summed E-state index contributed by atoms with van der Waals surface area (Å²) in [5.74, 6) is -1.82. The molecule has 2 N–H and O–H groups in total. The zero-order valence-electron chi connectivity index (χ0n) is 11.8. The summed E-state index contributed by atoms with van der Waals surface area (Å²) < 4.78 is 13.2. The maximum Gasteiger partial charge on any atom is 0.337 e. The molecule has 0 bridgehead atoms. The molecular formula is C14H19FN2O3. The number of carbonyl (C=O) groups is 2. The SMILES string of the molecule is CCCN(C(=O)Nc1cc(F)ccc1C(=O)O)C(C)C. The highest BCUT2D eigenvalue weighted by atomic mass is 19.1. The Morgan fingerprint density at radius 3 is 2.55 bits per heavy atom. The first-order valence-corrected chi connectivity index (χ1v) is 6.47. The number of amides is 2. The Morgan fingerprint density at radius 1 is 1.40 bits per heavy atom. The van der Waals surface area contributed by atoms with Crippen LogP contribution in [0.1, 0.15) is 37.6 Å². The molecule has 1 rings (SSSR count). The molecule has 0 unspecified atom stereocenters. The number of rotatable bonds is 5. The van der Waals surface area contributed by atoms with E-state index in [1.807, 2.05) is 20.8 Å². The number of halogens is 1. The minimum atomic E-state index is -1.22. The van der Waals surface area contributed by atoms with Crippen LogP contribution < -0.4 is 5.32 Å². The molecule has 5 nitrogen and oxygen atoms in total. The monoisotopic (exact) mass is 282 g/mol. The van der Waals surface area contributed by atoms with Crippen LogP contribution in [0.5, 0.6) is 0 Å². The van der Waals surface area contributed by atoms with Gasteiger partial charge < -0.3 is 15.3 Å². The van der Waals surface area contributed by atoms with Crippen molar-refractivity contribution in [2.75, 3.05) is 11.9 Å². The fraction of sp³-hybridized carbons (Fsp3) is 0.429. The van der Waals surface area contributed by atoms with Gasteiger partial charge in [0.05, 0.1) is 11.3 Å². The number of urea groups is 1. The number of hydrogen-bond acceptors (Lipinski definition) is 2. The summed E-state index contributed by atoms with van der Waals surface area (Å²) in [6.07, 6.45) is 0.778. The lowest BCUT2D eigenvalue weighted by atomic mass is 10.1. The molecule has 1 aromatic carbocycles. The number of carbonyl (C=O) groups excluding carboxylic acids is 1. The van der Waals surface area contributed by atoms with E-state index >= 15 is 0 Å². The molecule has 0 aliphatic carbocycles. The molecule has 1 aromatic rings. The Bertz CT molecular complexity index is 503. The summed E-state index contributed by atoms with van der Waals surface area (Å²) in [6.45, 7) is 6.20. The number of anilines is 1. The van der Waals surface area contributed by atoms with Crippen molar-refractivity contribution in [2.24, 2.45) is 0 Å². The molecule has 0 aliphatic heterocycles. The third-order valence-electron chi connectivity index (χ3n) is 2.80. The summed E-state index contributed by atoms with van der Waals surface area (Å²) in [5, 5.41) is 11.5. The van der Waals surface area contributed by atoms with E-state index < -0.39 is 17.8 Å². The Kier molecular flexibility index (Phi) is 5.49. The second-order valence-corrected chi connectivity index (χ2v) is 4.71. The van der Waals surface area contributed by atoms with Crippen molar-refractivity contribution in [3.8, 4) is 0 Å². The Balaban J connectivity index is 2.99. The van der Waals surface area contributed by atoms with Crippen LogP contribution in [-0.2, 0) is 0 Å². The molecule has 6 heteroatoms. The average Bonchev–Trinajstić information content (AvgIpc) is 2.34. The van der Waals surface area contributed by atoms with Crippen LogP contribution in [0.25, 0.3) is 0 Å². The van der Waals surface area contributed by atoms with E-state index in [-0.39, 0.29) is 17.3 Å². The topological polar surface area (TPSA) is 69.6 Å². The highest BCUT2D eigenvalue weighted by Gasteiger charge is 2.19.